The summed E-state index contributed by atoms with van der Waals surface area (Å²) in [5.74, 6) is 0.837. The highest BCUT2D eigenvalue weighted by Crippen LogP contribution is 2.53. The van der Waals surface area contributed by atoms with E-state index < -0.39 is 0 Å². The Bertz CT molecular complexity index is 1510. The summed E-state index contributed by atoms with van der Waals surface area (Å²) in [5.41, 5.74) is 8.73. The van der Waals surface area contributed by atoms with Gasteiger partial charge in [0.15, 0.2) is 0 Å². The molecule has 4 aromatic rings. The maximum absolute atomic E-state index is 13.8. The van der Waals surface area contributed by atoms with E-state index >= 15 is 0 Å². The summed E-state index contributed by atoms with van der Waals surface area (Å²) in [5, 5.41) is 3.45. The second-order valence-electron chi connectivity index (χ2n) is 12.7. The van der Waals surface area contributed by atoms with E-state index in [1.165, 1.54) is 55.3 Å². The molecule has 3 heteroatoms. The molecule has 214 valence electrons. The summed E-state index contributed by atoms with van der Waals surface area (Å²) in [6.45, 7) is 3.37. The van der Waals surface area contributed by atoms with Crippen molar-refractivity contribution in [2.45, 2.75) is 75.9 Å². The molecule has 7 rings (SSSR count). The maximum atomic E-state index is 13.8. The molecular formula is C39H42N2O. The number of carbonyl (C=O) groups is 1. The molecular weight excluding hydrogens is 512 g/mol. The molecule has 0 aromatic heterocycles. The van der Waals surface area contributed by atoms with Crippen LogP contribution in [0.25, 0.3) is 0 Å². The van der Waals surface area contributed by atoms with Crippen molar-refractivity contribution in [1.29, 1.82) is 0 Å². The minimum absolute atomic E-state index is 0.0112. The molecule has 42 heavy (non-hydrogen) atoms. The minimum Gasteiger partial charge on any atom is -0.349 e. The third-order valence-electron chi connectivity index (χ3n) is 10.4. The fraction of sp³-hybridized carbons (Fsp3) is 0.359. The first-order chi connectivity index (χ1) is 20.7. The quantitative estimate of drug-likeness (QED) is 0.221. The van der Waals surface area contributed by atoms with Crippen molar-refractivity contribution in [3.63, 3.8) is 0 Å². The number of aryl methyl sites for hydroxylation is 1. The van der Waals surface area contributed by atoms with Gasteiger partial charge in [-0.25, -0.2) is 0 Å². The molecule has 0 radical (unpaired) electrons. The second kappa shape index (κ2) is 11.9. The van der Waals surface area contributed by atoms with Crippen LogP contribution >= 0.6 is 0 Å². The van der Waals surface area contributed by atoms with Gasteiger partial charge in [0.05, 0.1) is 0 Å². The molecule has 1 saturated heterocycles. The first-order valence-corrected chi connectivity index (χ1v) is 16.0. The topological polar surface area (TPSA) is 32.3 Å². The molecule has 3 nitrogen and oxygen atoms in total. The lowest BCUT2D eigenvalue weighted by molar-refractivity contribution is 0.0918. The molecule has 2 heterocycles. The number of hydrogen-bond donors (Lipinski definition) is 1. The van der Waals surface area contributed by atoms with Crippen molar-refractivity contribution >= 4 is 5.91 Å². The summed E-state index contributed by atoms with van der Waals surface area (Å²) < 4.78 is 0. The number of nitrogens with zero attached hydrogens (tertiary/aromatic N) is 1. The largest absolute Gasteiger partial charge is 0.349 e. The Balaban J connectivity index is 1.00. The molecule has 3 unspecified atom stereocenters. The van der Waals surface area contributed by atoms with Gasteiger partial charge in [-0.3, -0.25) is 9.69 Å². The highest BCUT2D eigenvalue weighted by Gasteiger charge is 2.43. The van der Waals surface area contributed by atoms with E-state index in [2.05, 4.69) is 108 Å². The maximum Gasteiger partial charge on any atom is 0.251 e. The monoisotopic (exact) mass is 554 g/mol. The Morgan fingerprint density at radius 1 is 0.714 bits per heavy atom. The van der Waals surface area contributed by atoms with Crippen LogP contribution in [0, 0.1) is 12.8 Å². The molecule has 1 aliphatic carbocycles. The predicted molar refractivity (Wildman–Crippen MR) is 171 cm³/mol. The zero-order valence-corrected chi connectivity index (χ0v) is 24.7. The van der Waals surface area contributed by atoms with Crippen LogP contribution in [0.4, 0.5) is 0 Å². The molecule has 2 aliphatic heterocycles. The van der Waals surface area contributed by atoms with E-state index in [9.17, 15) is 4.79 Å². The Hall–Kier alpha value is -3.69. The summed E-state index contributed by atoms with van der Waals surface area (Å²) in [6, 6.07) is 38.0. The predicted octanol–water partition coefficient (Wildman–Crippen LogP) is 8.75. The van der Waals surface area contributed by atoms with Crippen LogP contribution < -0.4 is 5.32 Å². The second-order valence-corrected chi connectivity index (χ2v) is 12.7. The number of fused-ring (bicyclic) bond motifs is 5. The van der Waals surface area contributed by atoms with Gasteiger partial charge in [-0.15, -0.1) is 0 Å². The standard InChI is InChI=1S/C39H42N2O/c1-27-11-5-6-14-31(27)38(29-12-3-2-4-13-29)34-17-9-10-18-35(34)39(42)40-30-21-19-28(20-22-30)25-26-41-36-23-24-37(41)33-16-8-7-15-32(33)36/h2-18,28,30,36-38H,19-26H2,1H3,(H,40,42). The Morgan fingerprint density at radius 2 is 1.31 bits per heavy atom. The normalized spacial score (nSPS) is 23.8. The molecule has 0 spiro atoms. The molecule has 3 aliphatic rings. The van der Waals surface area contributed by atoms with Gasteiger partial charge in [-0.2, -0.15) is 0 Å². The SMILES string of the molecule is Cc1ccccc1C(c1ccccc1)c1ccccc1C(=O)NC1CCC(CCN2C3CCC2c2ccccc23)CC1. The zero-order valence-electron chi connectivity index (χ0n) is 24.7. The number of rotatable bonds is 8. The van der Waals surface area contributed by atoms with Crippen LogP contribution in [0.5, 0.6) is 0 Å². The van der Waals surface area contributed by atoms with Gasteiger partial charge in [-0.05, 0) is 104 Å². The molecule has 1 saturated carbocycles. The number of hydrogen-bond acceptors (Lipinski definition) is 2. The van der Waals surface area contributed by atoms with Crippen LogP contribution in [0.1, 0.15) is 107 Å². The smallest absolute Gasteiger partial charge is 0.251 e. The molecule has 2 fully saturated rings. The number of amides is 1. The number of nitrogens with one attached hydrogen (secondary N) is 1. The lowest BCUT2D eigenvalue weighted by Crippen LogP contribution is -2.38. The molecule has 4 aromatic carbocycles. The number of carbonyl (C=O) groups excluding carboxylic acids is 1. The Labute approximate surface area is 251 Å². The van der Waals surface area contributed by atoms with E-state index in [1.807, 2.05) is 12.1 Å². The van der Waals surface area contributed by atoms with Crippen LogP contribution in [-0.2, 0) is 0 Å². The average Bonchev–Trinajstić information content (AvgIpc) is 3.59. The Morgan fingerprint density at radius 3 is 2.00 bits per heavy atom. The molecule has 1 amide bonds. The van der Waals surface area contributed by atoms with Gasteiger partial charge in [0.1, 0.15) is 0 Å². The summed E-state index contributed by atoms with van der Waals surface area (Å²) in [7, 11) is 0. The minimum atomic E-state index is 0.0112. The van der Waals surface area contributed by atoms with Gasteiger partial charge < -0.3 is 5.32 Å². The van der Waals surface area contributed by atoms with Crippen molar-refractivity contribution in [1.82, 2.24) is 10.2 Å². The summed E-state index contributed by atoms with van der Waals surface area (Å²) in [6.07, 6.45) is 8.47. The summed E-state index contributed by atoms with van der Waals surface area (Å²) in [4.78, 5) is 16.6. The van der Waals surface area contributed by atoms with Crippen molar-refractivity contribution in [3.8, 4) is 0 Å². The fourth-order valence-corrected chi connectivity index (χ4v) is 8.19. The lowest BCUT2D eigenvalue weighted by Gasteiger charge is -2.31. The van der Waals surface area contributed by atoms with Crippen LogP contribution in [0.15, 0.2) is 103 Å². The molecule has 1 N–H and O–H groups in total. The van der Waals surface area contributed by atoms with Gasteiger partial charge in [0.25, 0.3) is 5.91 Å². The van der Waals surface area contributed by atoms with Crippen LogP contribution in [0.3, 0.4) is 0 Å². The first kappa shape index (κ1) is 27.2. The molecule has 2 bridgehead atoms. The van der Waals surface area contributed by atoms with Crippen LogP contribution in [0.2, 0.25) is 0 Å². The summed E-state index contributed by atoms with van der Waals surface area (Å²) >= 11 is 0. The van der Waals surface area contributed by atoms with E-state index in [0.29, 0.717) is 12.1 Å². The average molecular weight is 555 g/mol. The van der Waals surface area contributed by atoms with Gasteiger partial charge >= 0.3 is 0 Å². The zero-order chi connectivity index (χ0) is 28.5. The van der Waals surface area contributed by atoms with Crippen molar-refractivity contribution in [2.24, 2.45) is 5.92 Å². The lowest BCUT2D eigenvalue weighted by atomic mass is 9.80. The van der Waals surface area contributed by atoms with Crippen molar-refractivity contribution < 1.29 is 4.79 Å². The van der Waals surface area contributed by atoms with E-state index in [0.717, 1.165) is 29.9 Å². The third kappa shape index (κ3) is 5.20. The van der Waals surface area contributed by atoms with Crippen molar-refractivity contribution in [2.75, 3.05) is 6.54 Å². The van der Waals surface area contributed by atoms with E-state index in [-0.39, 0.29) is 17.9 Å². The van der Waals surface area contributed by atoms with Crippen molar-refractivity contribution in [3.05, 3.63) is 142 Å². The fourth-order valence-electron chi connectivity index (χ4n) is 8.19. The number of benzene rings is 4. The first-order valence-electron chi connectivity index (χ1n) is 16.0. The van der Waals surface area contributed by atoms with Crippen LogP contribution in [-0.4, -0.2) is 23.4 Å². The third-order valence-corrected chi connectivity index (χ3v) is 10.4. The van der Waals surface area contributed by atoms with Gasteiger partial charge in [-0.1, -0.05) is 97.1 Å². The molecule has 3 atom stereocenters. The van der Waals surface area contributed by atoms with E-state index in [4.69, 9.17) is 0 Å². The van der Waals surface area contributed by atoms with Gasteiger partial charge in [0, 0.05) is 29.6 Å². The highest BCUT2D eigenvalue weighted by atomic mass is 16.1. The highest BCUT2D eigenvalue weighted by molar-refractivity contribution is 5.96. The van der Waals surface area contributed by atoms with Gasteiger partial charge in [0.2, 0.25) is 0 Å². The van der Waals surface area contributed by atoms with E-state index in [1.54, 1.807) is 11.1 Å². The Kier molecular flexibility index (Phi) is 7.69.